The van der Waals surface area contributed by atoms with Crippen LogP contribution in [0.25, 0.3) is 16.5 Å². The molecule has 0 spiro atoms. The zero-order valence-electron chi connectivity index (χ0n) is 16.3. The molecule has 30 heavy (non-hydrogen) atoms. The molecule has 1 aliphatic rings. The van der Waals surface area contributed by atoms with Gasteiger partial charge in [-0.15, -0.1) is 0 Å². The number of aromatic nitrogens is 2. The second kappa shape index (κ2) is 7.42. The van der Waals surface area contributed by atoms with E-state index < -0.39 is 10.8 Å². The molecule has 150 valence electrons. The standard InChI is InChI=1S/C23H19N3O3S/c1-29-19-10-8-18(9-11-19)26-22(20-13-30(28)14-21(20)25-26)24-23(27)17-7-6-15-4-2-3-5-16(15)12-17/h2-12H,13-14H2,1H3,(H,24,27)/t30-/m1/s1. The zero-order chi connectivity index (χ0) is 20.7. The van der Waals surface area contributed by atoms with Crippen LogP contribution in [0.5, 0.6) is 5.75 Å². The van der Waals surface area contributed by atoms with Crippen molar-refractivity contribution in [2.24, 2.45) is 0 Å². The highest BCUT2D eigenvalue weighted by Gasteiger charge is 2.28. The third-order valence-corrected chi connectivity index (χ3v) is 6.44. The van der Waals surface area contributed by atoms with E-state index in [1.165, 1.54) is 0 Å². The van der Waals surface area contributed by atoms with Crippen molar-refractivity contribution in [2.75, 3.05) is 12.4 Å². The Morgan fingerprint density at radius 2 is 1.80 bits per heavy atom. The molecule has 0 bridgehead atoms. The highest BCUT2D eigenvalue weighted by molar-refractivity contribution is 7.83. The summed E-state index contributed by atoms with van der Waals surface area (Å²) < 4.78 is 19.0. The number of rotatable bonds is 4. The van der Waals surface area contributed by atoms with E-state index in [1.807, 2.05) is 66.7 Å². The Balaban J connectivity index is 1.53. The van der Waals surface area contributed by atoms with Crippen LogP contribution in [0, 0.1) is 0 Å². The van der Waals surface area contributed by atoms with Gasteiger partial charge in [0.15, 0.2) is 0 Å². The van der Waals surface area contributed by atoms with Crippen molar-refractivity contribution in [3.8, 4) is 11.4 Å². The summed E-state index contributed by atoms with van der Waals surface area (Å²) in [5.41, 5.74) is 2.95. The molecule has 0 fully saturated rings. The van der Waals surface area contributed by atoms with Crippen molar-refractivity contribution >= 4 is 33.3 Å². The van der Waals surface area contributed by atoms with Crippen LogP contribution in [0.2, 0.25) is 0 Å². The molecule has 0 saturated heterocycles. The SMILES string of the molecule is COc1ccc(-n2nc3c(c2NC(=O)c2ccc4ccccc4c2)C[S@@](=O)C3)cc1. The number of nitrogens with zero attached hydrogens (tertiary/aromatic N) is 2. The maximum absolute atomic E-state index is 13.1. The van der Waals surface area contributed by atoms with Crippen molar-refractivity contribution in [3.05, 3.63) is 83.6 Å². The molecule has 1 amide bonds. The lowest BCUT2D eigenvalue weighted by Gasteiger charge is -2.12. The number of ether oxygens (including phenoxy) is 1. The molecule has 7 heteroatoms. The molecule has 4 aromatic rings. The van der Waals surface area contributed by atoms with Crippen molar-refractivity contribution in [1.82, 2.24) is 9.78 Å². The molecule has 0 aliphatic carbocycles. The van der Waals surface area contributed by atoms with Gasteiger partial charge in [0.2, 0.25) is 0 Å². The van der Waals surface area contributed by atoms with Crippen LogP contribution in [0.4, 0.5) is 5.82 Å². The smallest absolute Gasteiger partial charge is 0.256 e. The van der Waals surface area contributed by atoms with Crippen LogP contribution in [0.15, 0.2) is 66.7 Å². The Morgan fingerprint density at radius 1 is 1.03 bits per heavy atom. The van der Waals surface area contributed by atoms with Crippen LogP contribution >= 0.6 is 0 Å². The van der Waals surface area contributed by atoms with Gasteiger partial charge in [-0.2, -0.15) is 5.10 Å². The van der Waals surface area contributed by atoms with E-state index in [1.54, 1.807) is 11.8 Å². The molecule has 0 radical (unpaired) electrons. The Kier molecular flexibility index (Phi) is 4.59. The number of benzene rings is 3. The number of anilines is 1. The van der Waals surface area contributed by atoms with E-state index in [2.05, 4.69) is 10.4 Å². The number of carbonyl (C=O) groups excluding carboxylic acids is 1. The van der Waals surface area contributed by atoms with Crippen LogP contribution in [-0.2, 0) is 22.3 Å². The van der Waals surface area contributed by atoms with Gasteiger partial charge in [0.25, 0.3) is 5.91 Å². The Labute approximate surface area is 175 Å². The fraction of sp³-hybridized carbons (Fsp3) is 0.130. The summed E-state index contributed by atoms with van der Waals surface area (Å²) in [6.07, 6.45) is 0. The lowest BCUT2D eigenvalue weighted by molar-refractivity contribution is 0.102. The predicted molar refractivity (Wildman–Crippen MR) is 118 cm³/mol. The molecule has 3 aromatic carbocycles. The summed E-state index contributed by atoms with van der Waals surface area (Å²) in [5.74, 6) is 1.87. The maximum Gasteiger partial charge on any atom is 0.256 e. The van der Waals surface area contributed by atoms with Crippen molar-refractivity contribution in [2.45, 2.75) is 11.5 Å². The Morgan fingerprint density at radius 3 is 2.57 bits per heavy atom. The first-order valence-electron chi connectivity index (χ1n) is 9.53. The van der Waals surface area contributed by atoms with Crippen molar-refractivity contribution in [1.29, 1.82) is 0 Å². The molecule has 1 aliphatic heterocycles. The fourth-order valence-electron chi connectivity index (χ4n) is 3.68. The monoisotopic (exact) mass is 417 g/mol. The quantitative estimate of drug-likeness (QED) is 0.544. The van der Waals surface area contributed by atoms with E-state index >= 15 is 0 Å². The number of amides is 1. The summed E-state index contributed by atoms with van der Waals surface area (Å²) >= 11 is 0. The maximum atomic E-state index is 13.1. The minimum atomic E-state index is -0.993. The third kappa shape index (κ3) is 3.27. The van der Waals surface area contributed by atoms with E-state index in [0.29, 0.717) is 22.9 Å². The first-order valence-corrected chi connectivity index (χ1v) is 11.0. The lowest BCUT2D eigenvalue weighted by atomic mass is 10.1. The van der Waals surface area contributed by atoms with E-state index in [4.69, 9.17) is 4.74 Å². The minimum absolute atomic E-state index is 0.226. The number of hydrogen-bond acceptors (Lipinski definition) is 4. The van der Waals surface area contributed by atoms with Gasteiger partial charge in [0.05, 0.1) is 30.0 Å². The van der Waals surface area contributed by atoms with E-state index in [0.717, 1.165) is 33.5 Å². The zero-order valence-corrected chi connectivity index (χ0v) is 17.1. The molecular weight excluding hydrogens is 398 g/mol. The molecule has 1 N–H and O–H groups in total. The van der Waals surface area contributed by atoms with Gasteiger partial charge in [0, 0.05) is 21.9 Å². The van der Waals surface area contributed by atoms with Crippen LogP contribution < -0.4 is 10.1 Å². The fourth-order valence-corrected chi connectivity index (χ4v) is 4.94. The molecule has 1 atom stereocenters. The number of nitrogens with one attached hydrogen (secondary N) is 1. The van der Waals surface area contributed by atoms with Crippen molar-refractivity contribution < 1.29 is 13.7 Å². The average molecular weight is 417 g/mol. The van der Waals surface area contributed by atoms with Gasteiger partial charge < -0.3 is 10.1 Å². The minimum Gasteiger partial charge on any atom is -0.497 e. The Hall–Kier alpha value is -3.45. The molecule has 6 nitrogen and oxygen atoms in total. The molecule has 1 aromatic heterocycles. The summed E-state index contributed by atoms with van der Waals surface area (Å²) in [6, 6.07) is 21.0. The van der Waals surface area contributed by atoms with Crippen molar-refractivity contribution in [3.63, 3.8) is 0 Å². The topological polar surface area (TPSA) is 73.2 Å². The summed E-state index contributed by atoms with van der Waals surface area (Å²) in [4.78, 5) is 13.1. The lowest BCUT2D eigenvalue weighted by Crippen LogP contribution is -2.16. The van der Waals surface area contributed by atoms with E-state index in [-0.39, 0.29) is 5.91 Å². The van der Waals surface area contributed by atoms with Gasteiger partial charge in [-0.3, -0.25) is 9.00 Å². The largest absolute Gasteiger partial charge is 0.497 e. The number of hydrogen-bond donors (Lipinski definition) is 1. The van der Waals surface area contributed by atoms with Crippen LogP contribution in [0.3, 0.4) is 0 Å². The molecular formula is C23H19N3O3S. The van der Waals surface area contributed by atoms with Crippen LogP contribution in [0.1, 0.15) is 21.6 Å². The van der Waals surface area contributed by atoms with E-state index in [9.17, 15) is 9.00 Å². The highest BCUT2D eigenvalue weighted by atomic mass is 32.2. The highest BCUT2D eigenvalue weighted by Crippen LogP contribution is 2.32. The number of methoxy groups -OCH3 is 1. The first-order chi connectivity index (χ1) is 14.6. The molecule has 2 heterocycles. The van der Waals surface area contributed by atoms with Gasteiger partial charge in [-0.25, -0.2) is 4.68 Å². The van der Waals surface area contributed by atoms with Gasteiger partial charge in [0.1, 0.15) is 11.6 Å². The Bertz CT molecular complexity index is 1300. The second-order valence-electron chi connectivity index (χ2n) is 7.13. The summed E-state index contributed by atoms with van der Waals surface area (Å²) in [7, 11) is 0.620. The normalized spacial score (nSPS) is 15.2. The average Bonchev–Trinajstić information content (AvgIpc) is 3.30. The summed E-state index contributed by atoms with van der Waals surface area (Å²) in [5, 5.41) is 9.72. The van der Waals surface area contributed by atoms with Gasteiger partial charge in [-0.05, 0) is 47.2 Å². The number of fused-ring (bicyclic) bond motifs is 2. The molecule has 0 unspecified atom stereocenters. The molecule has 0 saturated carbocycles. The second-order valence-corrected chi connectivity index (χ2v) is 8.59. The van der Waals surface area contributed by atoms with Gasteiger partial charge in [-0.1, -0.05) is 30.3 Å². The van der Waals surface area contributed by atoms with Gasteiger partial charge >= 0.3 is 0 Å². The number of carbonyl (C=O) groups is 1. The van der Waals surface area contributed by atoms with Crippen LogP contribution in [-0.4, -0.2) is 27.0 Å². The summed E-state index contributed by atoms with van der Waals surface area (Å²) in [6.45, 7) is 0. The first kappa shape index (κ1) is 18.6. The predicted octanol–water partition coefficient (Wildman–Crippen LogP) is 4.05. The third-order valence-electron chi connectivity index (χ3n) is 5.23. The molecule has 5 rings (SSSR count).